The minimum Gasteiger partial charge on any atom is -0.454 e. The Kier molecular flexibility index (Phi) is 24.8. The van der Waals surface area contributed by atoms with Gasteiger partial charge in [-0.15, -0.1) is 0 Å². The third kappa shape index (κ3) is 31.4. The first-order valence-corrected chi connectivity index (χ1v) is 18.0. The molecule has 46 heavy (non-hydrogen) atoms. The molecule has 2 heterocycles. The number of ether oxygens (including phenoxy) is 3. The largest absolute Gasteiger partial charge is 0.454 e. The SMILES string of the molecule is C.C.C1CCCC1.CC(C)(C)C.CC(C)(C)CC1COC1.CCC(C)(C)C.CCC1(CC(C)(C)C)CC1.c1ccc2c(c1)OCO2. The summed E-state index contributed by atoms with van der Waals surface area (Å²) in [6, 6.07) is 7.63. The number of fused-ring (bicyclic) bond motifs is 1. The van der Waals surface area contributed by atoms with Crippen LogP contribution in [-0.4, -0.2) is 20.0 Å². The molecule has 0 amide bonds. The fourth-order valence-corrected chi connectivity index (χ4v) is 4.95. The predicted molar refractivity (Wildman–Crippen MR) is 208 cm³/mol. The molecule has 5 rings (SSSR count). The molecule has 0 radical (unpaired) electrons. The molecule has 1 saturated heterocycles. The lowest BCUT2D eigenvalue weighted by atomic mass is 9.81. The highest BCUT2D eigenvalue weighted by atomic mass is 16.7. The predicted octanol–water partition coefficient (Wildman–Crippen LogP) is 14.8. The molecule has 1 aromatic carbocycles. The number of hydrogen-bond donors (Lipinski definition) is 0. The van der Waals surface area contributed by atoms with Crippen molar-refractivity contribution in [2.45, 2.75) is 189 Å². The second-order valence-electron chi connectivity index (χ2n) is 18.8. The zero-order chi connectivity index (χ0) is 34.1. The van der Waals surface area contributed by atoms with Gasteiger partial charge in [-0.1, -0.05) is 176 Å². The van der Waals surface area contributed by atoms with Gasteiger partial charge in [-0.05, 0) is 64.9 Å². The molecule has 276 valence electrons. The molecular weight excluding hydrogens is 564 g/mol. The van der Waals surface area contributed by atoms with Gasteiger partial charge in [0, 0.05) is 5.92 Å². The van der Waals surface area contributed by atoms with Crippen molar-refractivity contribution in [1.29, 1.82) is 0 Å². The van der Waals surface area contributed by atoms with Gasteiger partial charge in [0.05, 0.1) is 13.2 Å². The van der Waals surface area contributed by atoms with E-state index in [9.17, 15) is 0 Å². The third-order valence-electron chi connectivity index (χ3n) is 7.81. The van der Waals surface area contributed by atoms with Crippen molar-refractivity contribution >= 4 is 0 Å². The van der Waals surface area contributed by atoms with Crippen molar-refractivity contribution in [3.63, 3.8) is 0 Å². The molecular formula is C43H86O3. The maximum Gasteiger partial charge on any atom is 0.231 e. The molecule has 0 unspecified atom stereocenters. The first kappa shape index (κ1) is 49.2. The Morgan fingerprint density at radius 3 is 1.17 bits per heavy atom. The van der Waals surface area contributed by atoms with Crippen LogP contribution in [0, 0.1) is 33.0 Å². The highest BCUT2D eigenvalue weighted by molar-refractivity contribution is 5.40. The lowest BCUT2D eigenvalue weighted by Crippen LogP contribution is -2.31. The quantitative estimate of drug-likeness (QED) is 0.326. The number of hydrogen-bond acceptors (Lipinski definition) is 3. The number of rotatable bonds is 3. The molecule has 2 aliphatic heterocycles. The molecule has 2 aliphatic carbocycles. The Labute approximate surface area is 291 Å². The molecule has 3 nitrogen and oxygen atoms in total. The van der Waals surface area contributed by atoms with E-state index in [1.54, 1.807) is 0 Å². The summed E-state index contributed by atoms with van der Waals surface area (Å²) < 4.78 is 15.2. The van der Waals surface area contributed by atoms with E-state index in [0.717, 1.165) is 36.0 Å². The van der Waals surface area contributed by atoms with Crippen molar-refractivity contribution in [3.05, 3.63) is 24.3 Å². The number of benzene rings is 1. The fourth-order valence-electron chi connectivity index (χ4n) is 4.95. The van der Waals surface area contributed by atoms with Gasteiger partial charge in [0.25, 0.3) is 0 Å². The van der Waals surface area contributed by atoms with E-state index < -0.39 is 0 Å². The molecule has 0 N–H and O–H groups in total. The Hall–Kier alpha value is -1.22. The summed E-state index contributed by atoms with van der Waals surface area (Å²) in [6.45, 7) is 36.3. The fraction of sp³-hybridized carbons (Fsp3) is 0.860. The van der Waals surface area contributed by atoms with Crippen LogP contribution in [0.15, 0.2) is 24.3 Å². The standard InChI is InChI=1S/C10H20.C8H16O.C7H6O2.C6H14.C5H10.C5H12.2CH4/c1-5-10(6-7-10)8-9(2,3)4;1-8(2,3)4-7-5-9-6-7;1-2-4-7-6(3-1)8-5-9-7;1-5-6(2,3)4;1-2-4-5-3-1;1-5(2,3)4;;/h5-8H2,1-4H3;7H,4-6H2,1-3H3;1-4H,5H2;5H2,1-4H3;1-5H2;1-4H3;2*1H4. The lowest BCUT2D eigenvalue weighted by molar-refractivity contribution is -0.0486. The van der Waals surface area contributed by atoms with Crippen molar-refractivity contribution in [1.82, 2.24) is 0 Å². The number of para-hydroxylation sites is 2. The average molecular weight is 651 g/mol. The topological polar surface area (TPSA) is 27.7 Å². The van der Waals surface area contributed by atoms with Gasteiger partial charge in [-0.25, -0.2) is 0 Å². The van der Waals surface area contributed by atoms with Crippen molar-refractivity contribution < 1.29 is 14.2 Å². The van der Waals surface area contributed by atoms with Crippen molar-refractivity contribution in [2.24, 2.45) is 33.0 Å². The third-order valence-corrected chi connectivity index (χ3v) is 7.81. The van der Waals surface area contributed by atoms with E-state index in [0.29, 0.717) is 28.5 Å². The van der Waals surface area contributed by atoms with Crippen LogP contribution >= 0.6 is 0 Å². The van der Waals surface area contributed by atoms with Crippen LogP contribution < -0.4 is 9.47 Å². The van der Waals surface area contributed by atoms with Gasteiger partial charge >= 0.3 is 0 Å². The first-order chi connectivity index (χ1) is 20.1. The van der Waals surface area contributed by atoms with Crippen molar-refractivity contribution in [3.8, 4) is 11.5 Å². The van der Waals surface area contributed by atoms with Gasteiger partial charge in [-0.3, -0.25) is 0 Å². The summed E-state index contributed by atoms with van der Waals surface area (Å²) in [6.07, 6.45) is 15.9. The van der Waals surface area contributed by atoms with E-state index in [4.69, 9.17) is 14.2 Å². The van der Waals surface area contributed by atoms with Gasteiger partial charge in [0.1, 0.15) is 0 Å². The van der Waals surface area contributed by atoms with Crippen LogP contribution in [0.25, 0.3) is 0 Å². The van der Waals surface area contributed by atoms with Gasteiger partial charge in [-0.2, -0.15) is 0 Å². The van der Waals surface area contributed by atoms with Crippen LogP contribution in [0.1, 0.15) is 189 Å². The van der Waals surface area contributed by atoms with Gasteiger partial charge in [0.15, 0.2) is 11.5 Å². The molecule has 2 saturated carbocycles. The summed E-state index contributed by atoms with van der Waals surface area (Å²) in [4.78, 5) is 0. The molecule has 0 aromatic heterocycles. The minimum atomic E-state index is 0. The summed E-state index contributed by atoms with van der Waals surface area (Å²) in [5.74, 6) is 2.54. The van der Waals surface area contributed by atoms with Crippen LogP contribution in [0.4, 0.5) is 0 Å². The van der Waals surface area contributed by atoms with Crippen molar-refractivity contribution in [2.75, 3.05) is 20.0 Å². The van der Waals surface area contributed by atoms with E-state index in [2.05, 4.69) is 104 Å². The van der Waals surface area contributed by atoms with Crippen LogP contribution in [0.2, 0.25) is 0 Å². The average Bonchev–Trinajstić information content (AvgIpc) is 3.26. The molecule has 0 atom stereocenters. The van der Waals surface area contributed by atoms with Gasteiger partial charge < -0.3 is 14.2 Å². The highest BCUT2D eigenvalue weighted by Gasteiger charge is 2.42. The van der Waals surface area contributed by atoms with Crippen LogP contribution in [-0.2, 0) is 4.74 Å². The lowest BCUT2D eigenvalue weighted by Gasteiger charge is -2.31. The monoisotopic (exact) mass is 651 g/mol. The molecule has 4 aliphatic rings. The summed E-state index contributed by atoms with van der Waals surface area (Å²) in [7, 11) is 0. The summed E-state index contributed by atoms with van der Waals surface area (Å²) in [5, 5.41) is 0. The normalized spacial score (nSPS) is 17.4. The molecule has 3 fully saturated rings. The van der Waals surface area contributed by atoms with Crippen LogP contribution in [0.3, 0.4) is 0 Å². The molecule has 3 heteroatoms. The second kappa shape index (κ2) is 23.2. The Morgan fingerprint density at radius 2 is 1.00 bits per heavy atom. The van der Waals surface area contributed by atoms with E-state index in [-0.39, 0.29) is 14.9 Å². The van der Waals surface area contributed by atoms with Gasteiger partial charge in [0.2, 0.25) is 6.79 Å². The molecule has 0 spiro atoms. The minimum absolute atomic E-state index is 0. The Balaban J connectivity index is -0.000000488. The smallest absolute Gasteiger partial charge is 0.231 e. The maximum absolute atomic E-state index is 5.08. The highest BCUT2D eigenvalue weighted by Crippen LogP contribution is 2.55. The summed E-state index contributed by atoms with van der Waals surface area (Å²) >= 11 is 0. The molecule has 0 bridgehead atoms. The van der Waals surface area contributed by atoms with E-state index in [1.165, 1.54) is 70.6 Å². The Bertz CT molecular complexity index is 796. The van der Waals surface area contributed by atoms with Crippen LogP contribution in [0.5, 0.6) is 11.5 Å². The van der Waals surface area contributed by atoms with E-state index in [1.807, 2.05) is 24.3 Å². The maximum atomic E-state index is 5.08. The second-order valence-corrected chi connectivity index (χ2v) is 18.8. The zero-order valence-electron chi connectivity index (χ0n) is 32.5. The first-order valence-electron chi connectivity index (χ1n) is 18.0. The summed E-state index contributed by atoms with van der Waals surface area (Å²) in [5.41, 5.74) is 2.86. The zero-order valence-corrected chi connectivity index (χ0v) is 32.5. The Morgan fingerprint density at radius 1 is 0.630 bits per heavy atom. The van der Waals surface area contributed by atoms with E-state index >= 15 is 0 Å². The molecule has 1 aromatic rings.